The zero-order valence-corrected chi connectivity index (χ0v) is 11.9. The molecule has 2 aromatic rings. The van der Waals surface area contributed by atoms with Gasteiger partial charge in [-0.25, -0.2) is 12.8 Å². The van der Waals surface area contributed by atoms with Crippen LogP contribution in [0.1, 0.15) is 11.1 Å². The second-order valence-electron chi connectivity index (χ2n) is 4.53. The van der Waals surface area contributed by atoms with Gasteiger partial charge in [-0.2, -0.15) is 4.31 Å². The fourth-order valence-electron chi connectivity index (χ4n) is 1.84. The van der Waals surface area contributed by atoms with E-state index < -0.39 is 15.8 Å². The Kier molecular flexibility index (Phi) is 3.82. The molecule has 0 saturated heterocycles. The summed E-state index contributed by atoms with van der Waals surface area (Å²) in [6.07, 6.45) is 2.94. The van der Waals surface area contributed by atoms with Crippen LogP contribution in [0.3, 0.4) is 0 Å². The van der Waals surface area contributed by atoms with Gasteiger partial charge in [0, 0.05) is 19.2 Å². The maximum atomic E-state index is 13.3. The predicted molar refractivity (Wildman–Crippen MR) is 72.9 cm³/mol. The molecule has 0 aliphatic carbocycles. The van der Waals surface area contributed by atoms with Gasteiger partial charge in [0.05, 0.1) is 23.1 Å². The lowest BCUT2D eigenvalue weighted by Crippen LogP contribution is -2.27. The largest absolute Gasteiger partial charge is 0.472 e. The topological polar surface area (TPSA) is 76.5 Å². The molecule has 0 amide bonds. The van der Waals surface area contributed by atoms with Crippen LogP contribution in [-0.4, -0.2) is 19.8 Å². The molecule has 0 bridgehead atoms. The molecule has 7 heteroatoms. The van der Waals surface area contributed by atoms with E-state index in [1.807, 2.05) is 0 Å². The number of benzene rings is 1. The van der Waals surface area contributed by atoms with E-state index in [9.17, 15) is 12.8 Å². The molecule has 0 aliphatic rings. The first-order valence-corrected chi connectivity index (χ1v) is 7.29. The van der Waals surface area contributed by atoms with Gasteiger partial charge < -0.3 is 10.2 Å². The van der Waals surface area contributed by atoms with Crippen LogP contribution >= 0.6 is 0 Å². The normalized spacial score (nSPS) is 12.0. The maximum Gasteiger partial charge on any atom is 0.243 e. The Morgan fingerprint density at radius 1 is 1.40 bits per heavy atom. The first-order chi connectivity index (χ1) is 9.32. The molecule has 1 heterocycles. The number of sulfonamides is 1. The molecule has 0 radical (unpaired) electrons. The van der Waals surface area contributed by atoms with Crippen molar-refractivity contribution in [3.05, 3.63) is 47.7 Å². The number of hydrogen-bond donors (Lipinski definition) is 1. The highest BCUT2D eigenvalue weighted by atomic mass is 32.2. The van der Waals surface area contributed by atoms with Crippen LogP contribution in [0.5, 0.6) is 0 Å². The quantitative estimate of drug-likeness (QED) is 0.877. The minimum absolute atomic E-state index is 0.00222. The second-order valence-corrected chi connectivity index (χ2v) is 6.55. The first-order valence-electron chi connectivity index (χ1n) is 5.85. The van der Waals surface area contributed by atoms with E-state index in [0.29, 0.717) is 5.56 Å². The fourth-order valence-corrected chi connectivity index (χ4v) is 3.24. The molecule has 1 aromatic carbocycles. The maximum absolute atomic E-state index is 13.3. The molecule has 0 unspecified atom stereocenters. The van der Waals surface area contributed by atoms with Gasteiger partial charge in [0.2, 0.25) is 10.0 Å². The lowest BCUT2D eigenvalue weighted by Gasteiger charge is -2.18. The zero-order chi connectivity index (χ0) is 14.9. The molecule has 0 saturated carbocycles. The zero-order valence-electron chi connectivity index (χ0n) is 11.1. The average Bonchev–Trinajstić information content (AvgIpc) is 2.86. The van der Waals surface area contributed by atoms with Gasteiger partial charge in [0.1, 0.15) is 5.82 Å². The van der Waals surface area contributed by atoms with E-state index in [1.54, 1.807) is 6.07 Å². The van der Waals surface area contributed by atoms with E-state index in [0.717, 1.165) is 22.0 Å². The van der Waals surface area contributed by atoms with Crippen molar-refractivity contribution in [1.29, 1.82) is 0 Å². The molecular formula is C13H15FN2O3S. The number of nitrogen functional groups attached to an aromatic ring is 1. The van der Waals surface area contributed by atoms with Crippen molar-refractivity contribution in [3.8, 4) is 0 Å². The Hall–Kier alpha value is -1.86. The number of rotatable bonds is 4. The third-order valence-corrected chi connectivity index (χ3v) is 4.91. The van der Waals surface area contributed by atoms with Crippen molar-refractivity contribution in [2.75, 3.05) is 12.8 Å². The monoisotopic (exact) mass is 298 g/mol. The standard InChI is InChI=1S/C13H15FN2O3S/c1-9-5-11(14)12(15)6-13(9)20(17,18)16(2)7-10-3-4-19-8-10/h3-6,8H,7,15H2,1-2H3. The van der Waals surface area contributed by atoms with Crippen LogP contribution in [0.15, 0.2) is 40.0 Å². The van der Waals surface area contributed by atoms with Gasteiger partial charge in [0.25, 0.3) is 0 Å². The minimum atomic E-state index is -3.74. The summed E-state index contributed by atoms with van der Waals surface area (Å²) in [5.74, 6) is -0.626. The molecule has 0 spiro atoms. The molecule has 0 aliphatic heterocycles. The average molecular weight is 298 g/mol. The van der Waals surface area contributed by atoms with E-state index in [1.165, 1.54) is 26.5 Å². The lowest BCUT2D eigenvalue weighted by molar-refractivity contribution is 0.462. The molecule has 108 valence electrons. The Balaban J connectivity index is 2.37. The Bertz CT molecular complexity index is 711. The van der Waals surface area contributed by atoms with Crippen molar-refractivity contribution < 1.29 is 17.2 Å². The van der Waals surface area contributed by atoms with Gasteiger partial charge in [-0.15, -0.1) is 0 Å². The summed E-state index contributed by atoms with van der Waals surface area (Å²) in [4.78, 5) is 0.00222. The highest BCUT2D eigenvalue weighted by molar-refractivity contribution is 7.89. The van der Waals surface area contributed by atoms with Crippen molar-refractivity contribution in [3.63, 3.8) is 0 Å². The smallest absolute Gasteiger partial charge is 0.243 e. The van der Waals surface area contributed by atoms with Crippen molar-refractivity contribution in [1.82, 2.24) is 4.31 Å². The summed E-state index contributed by atoms with van der Waals surface area (Å²) < 4.78 is 44.3. The van der Waals surface area contributed by atoms with Crippen LogP contribution in [0.4, 0.5) is 10.1 Å². The summed E-state index contributed by atoms with van der Waals surface area (Å²) in [6.45, 7) is 1.69. The highest BCUT2D eigenvalue weighted by Gasteiger charge is 2.24. The number of hydrogen-bond acceptors (Lipinski definition) is 4. The third kappa shape index (κ3) is 2.68. The van der Waals surface area contributed by atoms with Crippen molar-refractivity contribution in [2.45, 2.75) is 18.4 Å². The molecule has 20 heavy (non-hydrogen) atoms. The van der Waals surface area contributed by atoms with Crippen molar-refractivity contribution in [2.24, 2.45) is 0 Å². The van der Waals surface area contributed by atoms with E-state index in [2.05, 4.69) is 0 Å². The molecular weight excluding hydrogens is 283 g/mol. The number of halogens is 1. The van der Waals surface area contributed by atoms with Gasteiger partial charge >= 0.3 is 0 Å². The number of furan rings is 1. The van der Waals surface area contributed by atoms with Crippen LogP contribution in [0.2, 0.25) is 0 Å². The van der Waals surface area contributed by atoms with E-state index in [4.69, 9.17) is 10.2 Å². The number of nitrogens with zero attached hydrogens (tertiary/aromatic N) is 1. The Labute approximate surface area is 116 Å². The Morgan fingerprint density at radius 2 is 2.10 bits per heavy atom. The molecule has 2 rings (SSSR count). The number of anilines is 1. The van der Waals surface area contributed by atoms with Gasteiger partial charge in [-0.05, 0) is 30.7 Å². The molecule has 0 atom stereocenters. The molecule has 2 N–H and O–H groups in total. The molecule has 0 fully saturated rings. The van der Waals surface area contributed by atoms with Gasteiger partial charge in [-0.1, -0.05) is 0 Å². The number of aryl methyl sites for hydroxylation is 1. The predicted octanol–water partition coefficient (Wildman–Crippen LogP) is 2.13. The van der Waals surface area contributed by atoms with E-state index >= 15 is 0 Å². The van der Waals surface area contributed by atoms with E-state index in [-0.39, 0.29) is 17.1 Å². The summed E-state index contributed by atoms with van der Waals surface area (Å²) in [6, 6.07) is 3.94. The minimum Gasteiger partial charge on any atom is -0.472 e. The van der Waals surface area contributed by atoms with Gasteiger partial charge in [-0.3, -0.25) is 0 Å². The van der Waals surface area contributed by atoms with Crippen molar-refractivity contribution >= 4 is 15.7 Å². The van der Waals surface area contributed by atoms with Gasteiger partial charge in [0.15, 0.2) is 0 Å². The second kappa shape index (κ2) is 5.26. The lowest BCUT2D eigenvalue weighted by atomic mass is 10.2. The summed E-state index contributed by atoms with van der Waals surface area (Å²) in [5, 5.41) is 0. The first kappa shape index (κ1) is 14.5. The summed E-state index contributed by atoms with van der Waals surface area (Å²) in [7, 11) is -2.29. The summed E-state index contributed by atoms with van der Waals surface area (Å²) >= 11 is 0. The third-order valence-electron chi connectivity index (χ3n) is 2.97. The van der Waals surface area contributed by atoms with Crippen LogP contribution in [0.25, 0.3) is 0 Å². The van der Waals surface area contributed by atoms with Crippen LogP contribution in [0, 0.1) is 12.7 Å². The molecule has 5 nitrogen and oxygen atoms in total. The highest BCUT2D eigenvalue weighted by Crippen LogP contribution is 2.24. The van der Waals surface area contributed by atoms with Crippen LogP contribution in [-0.2, 0) is 16.6 Å². The fraction of sp³-hybridized carbons (Fsp3) is 0.231. The Morgan fingerprint density at radius 3 is 2.70 bits per heavy atom. The summed E-state index contributed by atoms with van der Waals surface area (Å²) in [5.41, 5.74) is 6.30. The SMILES string of the molecule is Cc1cc(F)c(N)cc1S(=O)(=O)N(C)Cc1ccoc1. The van der Waals surface area contributed by atoms with Crippen LogP contribution < -0.4 is 5.73 Å². The number of nitrogens with two attached hydrogens (primary N) is 1. The molecule has 1 aromatic heterocycles.